The van der Waals surface area contributed by atoms with Gasteiger partial charge in [-0.3, -0.25) is 4.84 Å². The van der Waals surface area contributed by atoms with Crippen molar-refractivity contribution in [3.05, 3.63) is 35.4 Å². The Morgan fingerprint density at radius 2 is 1.71 bits per heavy atom. The number of benzene rings is 1. The fourth-order valence-electron chi connectivity index (χ4n) is 1.47. The molecule has 0 radical (unpaired) electrons. The quantitative estimate of drug-likeness (QED) is 0.746. The molecule has 0 amide bonds. The zero-order chi connectivity index (χ0) is 10.6. The Labute approximate surface area is 86.0 Å². The number of rotatable bonds is 4. The summed E-state index contributed by atoms with van der Waals surface area (Å²) in [6, 6.07) is 8.44. The molecule has 1 atom stereocenters. The summed E-state index contributed by atoms with van der Waals surface area (Å²) in [5, 5.41) is 0. The zero-order valence-corrected chi connectivity index (χ0v) is 9.16. The molecule has 0 aliphatic carbocycles. The summed E-state index contributed by atoms with van der Waals surface area (Å²) >= 11 is 0. The average molecular weight is 193 g/mol. The molecule has 2 nitrogen and oxygen atoms in total. The molecule has 0 saturated heterocycles. The molecule has 0 bridgehead atoms. The topological polar surface area (TPSA) is 35.2 Å². The van der Waals surface area contributed by atoms with Crippen molar-refractivity contribution in [2.45, 2.75) is 33.3 Å². The highest BCUT2D eigenvalue weighted by atomic mass is 16.6. The van der Waals surface area contributed by atoms with Gasteiger partial charge in [-0.25, -0.2) is 5.90 Å². The van der Waals surface area contributed by atoms with Gasteiger partial charge < -0.3 is 0 Å². The van der Waals surface area contributed by atoms with Crippen LogP contribution in [0.5, 0.6) is 0 Å². The second kappa shape index (κ2) is 5.13. The minimum absolute atomic E-state index is 0.0249. The molecule has 0 saturated carbocycles. The van der Waals surface area contributed by atoms with Crippen LogP contribution in [0.15, 0.2) is 24.3 Å². The molecule has 0 aromatic heterocycles. The lowest BCUT2D eigenvalue weighted by Crippen LogP contribution is -2.05. The molecule has 1 rings (SSSR count). The summed E-state index contributed by atoms with van der Waals surface area (Å²) in [5.41, 5.74) is 2.49. The predicted octanol–water partition coefficient (Wildman–Crippen LogP) is 2.84. The lowest BCUT2D eigenvalue weighted by atomic mass is 10.0. The molecule has 14 heavy (non-hydrogen) atoms. The number of nitrogens with two attached hydrogens (primary N) is 1. The maximum Gasteiger partial charge on any atom is 0.101 e. The van der Waals surface area contributed by atoms with Crippen LogP contribution in [-0.4, -0.2) is 0 Å². The van der Waals surface area contributed by atoms with E-state index in [1.807, 2.05) is 6.92 Å². The van der Waals surface area contributed by atoms with Crippen LogP contribution in [0.3, 0.4) is 0 Å². The van der Waals surface area contributed by atoms with Crippen molar-refractivity contribution in [3.63, 3.8) is 0 Å². The Bertz CT molecular complexity index is 266. The first-order valence-corrected chi connectivity index (χ1v) is 5.08. The Morgan fingerprint density at radius 1 is 1.14 bits per heavy atom. The van der Waals surface area contributed by atoms with Crippen molar-refractivity contribution in [1.82, 2.24) is 0 Å². The molecule has 1 aromatic carbocycles. The van der Waals surface area contributed by atoms with Crippen molar-refractivity contribution in [3.8, 4) is 0 Å². The third-order valence-corrected chi connectivity index (χ3v) is 2.30. The largest absolute Gasteiger partial charge is 0.297 e. The molecule has 1 unspecified atom stereocenters. The van der Waals surface area contributed by atoms with Crippen LogP contribution in [0.2, 0.25) is 0 Å². The minimum atomic E-state index is -0.0249. The standard InChI is InChI=1S/C12H19NO/c1-9(2)8-11-4-6-12(7-5-11)10(3)14-13/h4-7,9-10H,8,13H2,1-3H3. The van der Waals surface area contributed by atoms with Gasteiger partial charge >= 0.3 is 0 Å². The Kier molecular flexibility index (Phi) is 4.11. The fraction of sp³-hybridized carbons (Fsp3) is 0.500. The van der Waals surface area contributed by atoms with Crippen molar-refractivity contribution in [1.29, 1.82) is 0 Å². The Morgan fingerprint density at radius 3 is 2.14 bits per heavy atom. The van der Waals surface area contributed by atoms with Gasteiger partial charge in [-0.1, -0.05) is 38.1 Å². The first-order chi connectivity index (χ1) is 6.63. The van der Waals surface area contributed by atoms with Gasteiger partial charge in [0.1, 0.15) is 6.10 Å². The van der Waals surface area contributed by atoms with Gasteiger partial charge in [0.2, 0.25) is 0 Å². The molecular formula is C12H19NO. The van der Waals surface area contributed by atoms with Crippen LogP contribution in [0.4, 0.5) is 0 Å². The fourth-order valence-corrected chi connectivity index (χ4v) is 1.47. The molecular weight excluding hydrogens is 174 g/mol. The van der Waals surface area contributed by atoms with E-state index in [2.05, 4.69) is 38.1 Å². The van der Waals surface area contributed by atoms with Crippen LogP contribution in [0, 0.1) is 5.92 Å². The normalized spacial score (nSPS) is 13.2. The van der Waals surface area contributed by atoms with Gasteiger partial charge in [0.15, 0.2) is 0 Å². The molecule has 2 N–H and O–H groups in total. The van der Waals surface area contributed by atoms with E-state index in [0.717, 1.165) is 12.0 Å². The van der Waals surface area contributed by atoms with E-state index >= 15 is 0 Å². The predicted molar refractivity (Wildman–Crippen MR) is 58.7 cm³/mol. The maximum absolute atomic E-state index is 5.12. The van der Waals surface area contributed by atoms with Crippen LogP contribution in [-0.2, 0) is 11.3 Å². The van der Waals surface area contributed by atoms with Crippen molar-refractivity contribution >= 4 is 0 Å². The van der Waals surface area contributed by atoms with E-state index in [0.29, 0.717) is 5.92 Å². The molecule has 0 spiro atoms. The first-order valence-electron chi connectivity index (χ1n) is 5.08. The second-order valence-corrected chi connectivity index (χ2v) is 4.12. The summed E-state index contributed by atoms with van der Waals surface area (Å²) in [6.07, 6.45) is 1.10. The SMILES string of the molecule is CC(C)Cc1ccc(C(C)ON)cc1. The zero-order valence-electron chi connectivity index (χ0n) is 9.16. The summed E-state index contributed by atoms with van der Waals surface area (Å²) in [4.78, 5) is 4.76. The van der Waals surface area contributed by atoms with Crippen LogP contribution >= 0.6 is 0 Å². The van der Waals surface area contributed by atoms with E-state index in [9.17, 15) is 0 Å². The molecule has 0 heterocycles. The van der Waals surface area contributed by atoms with Crippen LogP contribution < -0.4 is 5.90 Å². The summed E-state index contributed by atoms with van der Waals surface area (Å²) < 4.78 is 0. The molecule has 0 fully saturated rings. The van der Waals surface area contributed by atoms with E-state index in [1.54, 1.807) is 0 Å². The monoisotopic (exact) mass is 193 g/mol. The lowest BCUT2D eigenvalue weighted by molar-refractivity contribution is 0.0664. The summed E-state index contributed by atoms with van der Waals surface area (Å²) in [7, 11) is 0. The van der Waals surface area contributed by atoms with Gasteiger partial charge in [-0.15, -0.1) is 0 Å². The highest BCUT2D eigenvalue weighted by molar-refractivity contribution is 5.24. The Hall–Kier alpha value is -0.860. The van der Waals surface area contributed by atoms with Crippen molar-refractivity contribution < 1.29 is 4.84 Å². The molecule has 0 aliphatic rings. The highest BCUT2D eigenvalue weighted by Gasteiger charge is 2.04. The third-order valence-electron chi connectivity index (χ3n) is 2.30. The van der Waals surface area contributed by atoms with Gasteiger partial charge in [0, 0.05) is 0 Å². The minimum Gasteiger partial charge on any atom is -0.297 e. The van der Waals surface area contributed by atoms with Gasteiger partial charge in [0.05, 0.1) is 0 Å². The lowest BCUT2D eigenvalue weighted by Gasteiger charge is -2.10. The Balaban J connectivity index is 2.68. The smallest absolute Gasteiger partial charge is 0.101 e. The molecule has 1 aromatic rings. The molecule has 0 aliphatic heterocycles. The highest BCUT2D eigenvalue weighted by Crippen LogP contribution is 2.16. The summed E-state index contributed by atoms with van der Waals surface area (Å²) in [5.74, 6) is 5.82. The van der Waals surface area contributed by atoms with Crippen LogP contribution in [0.25, 0.3) is 0 Å². The first kappa shape index (κ1) is 11.2. The number of hydrogen-bond acceptors (Lipinski definition) is 2. The number of hydrogen-bond donors (Lipinski definition) is 1. The van der Waals surface area contributed by atoms with Crippen molar-refractivity contribution in [2.75, 3.05) is 0 Å². The van der Waals surface area contributed by atoms with Crippen molar-refractivity contribution in [2.24, 2.45) is 11.8 Å². The van der Waals surface area contributed by atoms with Gasteiger partial charge in [-0.05, 0) is 30.4 Å². The van der Waals surface area contributed by atoms with E-state index in [1.165, 1.54) is 5.56 Å². The molecule has 2 heteroatoms. The molecule has 78 valence electrons. The third kappa shape index (κ3) is 3.13. The van der Waals surface area contributed by atoms with Gasteiger partial charge in [-0.2, -0.15) is 0 Å². The van der Waals surface area contributed by atoms with E-state index < -0.39 is 0 Å². The second-order valence-electron chi connectivity index (χ2n) is 4.12. The summed E-state index contributed by atoms with van der Waals surface area (Å²) in [6.45, 7) is 6.39. The maximum atomic E-state index is 5.12. The average Bonchev–Trinajstić information content (AvgIpc) is 2.17. The van der Waals surface area contributed by atoms with E-state index in [4.69, 9.17) is 10.7 Å². The van der Waals surface area contributed by atoms with Gasteiger partial charge in [0.25, 0.3) is 0 Å². The van der Waals surface area contributed by atoms with E-state index in [-0.39, 0.29) is 6.10 Å². The van der Waals surface area contributed by atoms with Crippen LogP contribution in [0.1, 0.15) is 38.0 Å².